The molecule has 39 heavy (non-hydrogen) atoms. The quantitative estimate of drug-likeness (QED) is 0.305. The zero-order valence-corrected chi connectivity index (χ0v) is 21.4. The number of nitrogens with zero attached hydrogens (tertiary/aromatic N) is 3. The number of ether oxygens (including phenoxy) is 1. The summed E-state index contributed by atoms with van der Waals surface area (Å²) in [7, 11) is 0. The Morgan fingerprint density at radius 1 is 1.05 bits per heavy atom. The Morgan fingerprint density at radius 2 is 1.77 bits per heavy atom. The van der Waals surface area contributed by atoms with Crippen LogP contribution in [0, 0.1) is 5.82 Å². The van der Waals surface area contributed by atoms with Gasteiger partial charge in [0, 0.05) is 36.6 Å². The molecule has 0 spiro atoms. The molecule has 0 aliphatic carbocycles. The third-order valence-electron chi connectivity index (χ3n) is 6.55. The van der Waals surface area contributed by atoms with Crippen molar-refractivity contribution < 1.29 is 23.1 Å². The Labute approximate surface area is 230 Å². The van der Waals surface area contributed by atoms with Gasteiger partial charge in [0.1, 0.15) is 11.4 Å². The van der Waals surface area contributed by atoms with E-state index in [1.807, 2.05) is 4.90 Å². The highest BCUT2D eigenvalue weighted by molar-refractivity contribution is 6.31. The molecule has 0 N–H and O–H groups in total. The van der Waals surface area contributed by atoms with Crippen molar-refractivity contribution >= 4 is 40.1 Å². The van der Waals surface area contributed by atoms with E-state index < -0.39 is 11.5 Å². The summed E-state index contributed by atoms with van der Waals surface area (Å²) in [6, 6.07) is 14.2. The van der Waals surface area contributed by atoms with E-state index in [0.29, 0.717) is 53.4 Å². The van der Waals surface area contributed by atoms with Gasteiger partial charge in [-0.1, -0.05) is 31.2 Å². The fourth-order valence-electron chi connectivity index (χ4n) is 4.75. The van der Waals surface area contributed by atoms with Crippen LogP contribution in [0.3, 0.4) is 0 Å². The summed E-state index contributed by atoms with van der Waals surface area (Å²) in [5, 5.41) is 1.04. The minimum atomic E-state index is -0.740. The molecule has 2 aromatic carbocycles. The van der Waals surface area contributed by atoms with E-state index in [1.54, 1.807) is 54.3 Å². The lowest BCUT2D eigenvalue weighted by molar-refractivity contribution is 0.0523. The van der Waals surface area contributed by atoms with Crippen LogP contribution in [-0.2, 0) is 11.3 Å². The van der Waals surface area contributed by atoms with Gasteiger partial charge in [0.2, 0.25) is 0 Å². The number of amides is 1. The largest absolute Gasteiger partial charge is 0.462 e. The molecule has 204 valence electrons. The van der Waals surface area contributed by atoms with Crippen LogP contribution in [0.4, 0.5) is 10.1 Å². The first-order chi connectivity index (χ1) is 18.4. The van der Waals surface area contributed by atoms with Crippen LogP contribution in [0.5, 0.6) is 0 Å². The second-order valence-corrected chi connectivity index (χ2v) is 9.32. The molecular formula is C29H29ClFN3O5. The molecule has 1 fully saturated rings. The topological polar surface area (TPSA) is 85.0 Å². The maximum absolute atomic E-state index is 13.9. The Hall–Kier alpha value is -4.11. The van der Waals surface area contributed by atoms with Crippen LogP contribution in [0.25, 0.3) is 10.9 Å². The van der Waals surface area contributed by atoms with Gasteiger partial charge in [0.25, 0.3) is 11.5 Å². The maximum atomic E-state index is 13.9. The molecule has 1 aliphatic rings. The Kier molecular flexibility index (Phi) is 8.40. The number of piperazine rings is 1. The third kappa shape index (κ3) is 5.54. The Balaban J connectivity index is 0.00000353. The van der Waals surface area contributed by atoms with E-state index in [2.05, 4.69) is 0 Å². The van der Waals surface area contributed by atoms with E-state index in [0.717, 1.165) is 0 Å². The lowest BCUT2D eigenvalue weighted by Crippen LogP contribution is -2.49. The van der Waals surface area contributed by atoms with Crippen molar-refractivity contribution in [2.75, 3.05) is 37.7 Å². The summed E-state index contributed by atoms with van der Waals surface area (Å²) in [6.07, 6.45) is 1.45. The molecule has 8 nitrogen and oxygen atoms in total. The van der Waals surface area contributed by atoms with Crippen molar-refractivity contribution in [3.8, 4) is 0 Å². The van der Waals surface area contributed by atoms with Crippen LogP contribution in [0.2, 0.25) is 5.02 Å². The van der Waals surface area contributed by atoms with E-state index in [1.165, 1.54) is 23.0 Å². The maximum Gasteiger partial charge on any atom is 0.345 e. The molecule has 0 unspecified atom stereocenters. The molecule has 1 amide bonds. The second kappa shape index (κ2) is 11.7. The standard InChI is InChI=1S/C28H25ClFN3O5.CH4/c1-2-37-28(36)24-25(31-11-13-32(14-12-31)26(34)23-4-3-15-38-23)21-16-19(29)7-10-22(21)33(27(24)35)17-18-5-8-20(30)9-6-18;/h3-10,15-16H,2,11-14,17H2,1H3;1H4. The molecule has 0 radical (unpaired) electrons. The van der Waals surface area contributed by atoms with E-state index in [-0.39, 0.29) is 43.6 Å². The average Bonchev–Trinajstić information content (AvgIpc) is 3.46. The van der Waals surface area contributed by atoms with Crippen LogP contribution >= 0.6 is 11.6 Å². The first-order valence-corrected chi connectivity index (χ1v) is 12.6. The summed E-state index contributed by atoms with van der Waals surface area (Å²) in [4.78, 5) is 43.5. The fraction of sp³-hybridized carbons (Fsp3) is 0.276. The molecule has 1 aliphatic heterocycles. The highest BCUT2D eigenvalue weighted by atomic mass is 35.5. The minimum absolute atomic E-state index is 0. The summed E-state index contributed by atoms with van der Waals surface area (Å²) in [6.45, 7) is 3.37. The highest BCUT2D eigenvalue weighted by Crippen LogP contribution is 2.33. The molecule has 5 rings (SSSR count). The number of esters is 1. The monoisotopic (exact) mass is 553 g/mol. The molecule has 0 saturated carbocycles. The number of fused-ring (bicyclic) bond motifs is 1. The minimum Gasteiger partial charge on any atom is -0.462 e. The smallest absolute Gasteiger partial charge is 0.345 e. The summed E-state index contributed by atoms with van der Waals surface area (Å²) in [5.41, 5.74) is 1.06. The number of carbonyl (C=O) groups is 2. The number of carbonyl (C=O) groups excluding carboxylic acids is 2. The molecule has 2 aromatic heterocycles. The molecule has 3 heterocycles. The number of hydrogen-bond donors (Lipinski definition) is 0. The van der Waals surface area contributed by atoms with Crippen molar-refractivity contribution in [3.63, 3.8) is 0 Å². The van der Waals surface area contributed by atoms with Gasteiger partial charge in [0.15, 0.2) is 5.76 Å². The van der Waals surface area contributed by atoms with E-state index in [9.17, 15) is 18.8 Å². The fourth-order valence-corrected chi connectivity index (χ4v) is 4.92. The summed E-state index contributed by atoms with van der Waals surface area (Å²) < 4.78 is 25.5. The van der Waals surface area contributed by atoms with Crippen LogP contribution in [0.15, 0.2) is 70.1 Å². The van der Waals surface area contributed by atoms with Crippen molar-refractivity contribution in [1.82, 2.24) is 9.47 Å². The van der Waals surface area contributed by atoms with Crippen LogP contribution in [-0.4, -0.2) is 54.1 Å². The van der Waals surface area contributed by atoms with Gasteiger partial charge >= 0.3 is 5.97 Å². The highest BCUT2D eigenvalue weighted by Gasteiger charge is 2.31. The number of halogens is 2. The van der Waals surface area contributed by atoms with Crippen molar-refractivity contribution in [1.29, 1.82) is 0 Å². The number of aromatic nitrogens is 1. The Morgan fingerprint density at radius 3 is 2.41 bits per heavy atom. The molecule has 4 aromatic rings. The van der Waals surface area contributed by atoms with Gasteiger partial charge in [-0.05, 0) is 55.0 Å². The molecule has 0 atom stereocenters. The first-order valence-electron chi connectivity index (χ1n) is 12.2. The molecule has 10 heteroatoms. The molecule has 1 saturated heterocycles. The van der Waals surface area contributed by atoms with Gasteiger partial charge in [-0.2, -0.15) is 0 Å². The second-order valence-electron chi connectivity index (χ2n) is 8.88. The van der Waals surface area contributed by atoms with Gasteiger partial charge in [0.05, 0.1) is 30.6 Å². The van der Waals surface area contributed by atoms with Crippen LogP contribution < -0.4 is 10.5 Å². The normalized spacial score (nSPS) is 13.3. The van der Waals surface area contributed by atoms with Crippen molar-refractivity contribution in [3.05, 3.63) is 98.9 Å². The van der Waals surface area contributed by atoms with Crippen LogP contribution in [0.1, 0.15) is 40.8 Å². The number of benzene rings is 2. The average molecular weight is 554 g/mol. The zero-order chi connectivity index (χ0) is 26.8. The Bertz CT molecular complexity index is 1540. The van der Waals surface area contributed by atoms with Gasteiger partial charge in [-0.25, -0.2) is 9.18 Å². The van der Waals surface area contributed by atoms with Crippen molar-refractivity contribution in [2.45, 2.75) is 20.9 Å². The zero-order valence-electron chi connectivity index (χ0n) is 20.7. The first kappa shape index (κ1) is 27.9. The van der Waals surface area contributed by atoms with Gasteiger partial charge in [-0.15, -0.1) is 0 Å². The molecule has 0 bridgehead atoms. The lowest BCUT2D eigenvalue weighted by atomic mass is 10.0. The predicted molar refractivity (Wildman–Crippen MR) is 148 cm³/mol. The van der Waals surface area contributed by atoms with Gasteiger partial charge < -0.3 is 23.5 Å². The van der Waals surface area contributed by atoms with Crippen molar-refractivity contribution in [2.24, 2.45) is 0 Å². The number of furan rings is 1. The lowest BCUT2D eigenvalue weighted by Gasteiger charge is -2.37. The SMILES string of the molecule is C.CCOC(=O)c1c(N2CCN(C(=O)c3ccco3)CC2)c2cc(Cl)ccc2n(Cc2ccc(F)cc2)c1=O. The number of pyridine rings is 1. The third-order valence-corrected chi connectivity index (χ3v) is 6.78. The number of rotatable bonds is 6. The number of hydrogen-bond acceptors (Lipinski definition) is 6. The number of anilines is 1. The van der Waals surface area contributed by atoms with E-state index in [4.69, 9.17) is 20.8 Å². The predicted octanol–water partition coefficient (Wildman–Crippen LogP) is 5.21. The van der Waals surface area contributed by atoms with E-state index >= 15 is 0 Å². The summed E-state index contributed by atoms with van der Waals surface area (Å²) >= 11 is 6.39. The summed E-state index contributed by atoms with van der Waals surface area (Å²) in [5.74, 6) is -1.09. The molecular weight excluding hydrogens is 525 g/mol. The van der Waals surface area contributed by atoms with Gasteiger partial charge in [-0.3, -0.25) is 9.59 Å².